The first-order valence-corrected chi connectivity index (χ1v) is 10.7. The maximum absolute atomic E-state index is 13.1. The molecule has 2 heterocycles. The largest absolute Gasteiger partial charge is 0.302 e. The Morgan fingerprint density at radius 2 is 1.81 bits per heavy atom. The second-order valence-corrected chi connectivity index (χ2v) is 9.02. The molecule has 0 bridgehead atoms. The second kappa shape index (κ2) is 9.80. The molecule has 26 heavy (non-hydrogen) atoms. The third kappa shape index (κ3) is 4.84. The van der Waals surface area contributed by atoms with Gasteiger partial charge in [0.25, 0.3) is 5.91 Å². The smallest absolute Gasteiger partial charge is 0.270 e. The van der Waals surface area contributed by atoms with Gasteiger partial charge in [-0.25, -0.2) is 4.98 Å². The highest BCUT2D eigenvalue weighted by atomic mass is 79.9. The first-order chi connectivity index (χ1) is 12.1. The molecule has 8 heteroatoms. The van der Waals surface area contributed by atoms with Gasteiger partial charge in [0.05, 0.1) is 18.9 Å². The Bertz CT molecular complexity index is 830. The molecule has 0 aliphatic heterocycles. The van der Waals surface area contributed by atoms with Crippen molar-refractivity contribution >= 4 is 72.3 Å². The van der Waals surface area contributed by atoms with Gasteiger partial charge in [-0.3, -0.25) is 9.69 Å². The second-order valence-electron chi connectivity index (χ2n) is 5.55. The molecule has 0 aliphatic carbocycles. The first-order valence-electron chi connectivity index (χ1n) is 8.27. The maximum Gasteiger partial charge on any atom is 0.270 e. The van der Waals surface area contributed by atoms with Crippen LogP contribution >= 0.6 is 51.0 Å². The van der Waals surface area contributed by atoms with E-state index >= 15 is 0 Å². The molecular weight excluding hydrogens is 454 g/mol. The maximum atomic E-state index is 13.1. The number of nitrogens with zero attached hydrogens (tertiary/aromatic N) is 3. The van der Waals surface area contributed by atoms with Crippen LogP contribution in [0.4, 0.5) is 5.13 Å². The highest BCUT2D eigenvalue weighted by Gasteiger charge is 2.23. The van der Waals surface area contributed by atoms with Crippen molar-refractivity contribution in [2.45, 2.75) is 13.8 Å². The molecule has 2 aromatic heterocycles. The number of fused-ring (bicyclic) bond motifs is 1. The van der Waals surface area contributed by atoms with Crippen LogP contribution in [0.25, 0.3) is 10.2 Å². The van der Waals surface area contributed by atoms with E-state index in [1.165, 1.54) is 11.3 Å². The number of para-hydroxylation sites is 1. The number of halogens is 2. The van der Waals surface area contributed by atoms with Gasteiger partial charge in [0.2, 0.25) is 0 Å². The third-order valence-corrected chi connectivity index (χ3v) is 6.75. The molecule has 4 nitrogen and oxygen atoms in total. The van der Waals surface area contributed by atoms with E-state index < -0.39 is 0 Å². The first kappa shape index (κ1) is 21.3. The molecule has 140 valence electrons. The summed E-state index contributed by atoms with van der Waals surface area (Å²) in [7, 11) is 0. The van der Waals surface area contributed by atoms with Crippen molar-refractivity contribution in [3.05, 3.63) is 45.1 Å². The van der Waals surface area contributed by atoms with Gasteiger partial charge in [0, 0.05) is 13.1 Å². The predicted molar refractivity (Wildman–Crippen MR) is 118 cm³/mol. The average Bonchev–Trinajstić information content (AvgIpc) is 3.24. The Balaban J connectivity index is 0.00000243. The summed E-state index contributed by atoms with van der Waals surface area (Å²) in [6.45, 7) is 7.70. The van der Waals surface area contributed by atoms with Crippen LogP contribution in [0.5, 0.6) is 0 Å². The fourth-order valence-corrected chi connectivity index (χ4v) is 4.93. The predicted octanol–water partition coefficient (Wildman–Crippen LogP) is 5.53. The van der Waals surface area contributed by atoms with E-state index in [1.54, 1.807) is 11.3 Å². The van der Waals surface area contributed by atoms with Crippen molar-refractivity contribution in [3.8, 4) is 0 Å². The molecule has 0 saturated carbocycles. The van der Waals surface area contributed by atoms with E-state index in [0.717, 1.165) is 43.6 Å². The topological polar surface area (TPSA) is 36.4 Å². The van der Waals surface area contributed by atoms with Gasteiger partial charge in [-0.15, -0.1) is 23.7 Å². The summed E-state index contributed by atoms with van der Waals surface area (Å²) in [5.74, 6) is 0.0157. The molecule has 3 aromatic rings. The Kier molecular flexibility index (Phi) is 8.04. The van der Waals surface area contributed by atoms with E-state index in [4.69, 9.17) is 4.98 Å². The van der Waals surface area contributed by atoms with E-state index in [1.807, 2.05) is 41.3 Å². The van der Waals surface area contributed by atoms with Crippen molar-refractivity contribution in [1.29, 1.82) is 0 Å². The molecular formula is C18H21BrClN3OS2. The zero-order valence-electron chi connectivity index (χ0n) is 14.6. The van der Waals surface area contributed by atoms with Gasteiger partial charge in [-0.1, -0.05) is 37.3 Å². The minimum atomic E-state index is 0. The van der Waals surface area contributed by atoms with Crippen molar-refractivity contribution in [2.75, 3.05) is 31.1 Å². The van der Waals surface area contributed by atoms with Gasteiger partial charge in [-0.2, -0.15) is 0 Å². The molecule has 1 aromatic carbocycles. The lowest BCUT2D eigenvalue weighted by atomic mass is 10.3. The summed E-state index contributed by atoms with van der Waals surface area (Å²) in [6, 6.07) is 11.8. The highest BCUT2D eigenvalue weighted by Crippen LogP contribution is 2.31. The average molecular weight is 475 g/mol. The summed E-state index contributed by atoms with van der Waals surface area (Å²) in [6.07, 6.45) is 0. The van der Waals surface area contributed by atoms with Crippen LogP contribution in [0.15, 0.2) is 40.2 Å². The summed E-state index contributed by atoms with van der Waals surface area (Å²) in [5, 5.41) is 0.767. The van der Waals surface area contributed by atoms with Crippen LogP contribution in [0.3, 0.4) is 0 Å². The van der Waals surface area contributed by atoms with Gasteiger partial charge >= 0.3 is 0 Å². The SMILES string of the molecule is CCN(CC)CCN(C(=O)c1ccc(Br)s1)c1nc2ccccc2s1.Cl. The Hall–Kier alpha value is -0.990. The monoisotopic (exact) mass is 473 g/mol. The van der Waals surface area contributed by atoms with E-state index in [-0.39, 0.29) is 18.3 Å². The van der Waals surface area contributed by atoms with Gasteiger partial charge in [0.15, 0.2) is 5.13 Å². The molecule has 0 unspecified atom stereocenters. The quantitative estimate of drug-likeness (QED) is 0.452. The minimum absolute atomic E-state index is 0. The lowest BCUT2D eigenvalue weighted by Crippen LogP contribution is -2.38. The standard InChI is InChI=1S/C18H20BrN3OS2.ClH/c1-3-21(4-2)11-12-22(17(23)15-9-10-16(19)24-15)18-20-13-7-5-6-8-14(13)25-18;/h5-10H,3-4,11-12H2,1-2H3;1H. The lowest BCUT2D eigenvalue weighted by molar-refractivity contribution is 0.0987. The number of carbonyl (C=O) groups excluding carboxylic acids is 1. The third-order valence-electron chi connectivity index (χ3n) is 4.08. The van der Waals surface area contributed by atoms with Crippen molar-refractivity contribution in [1.82, 2.24) is 9.88 Å². The number of hydrogen-bond donors (Lipinski definition) is 0. The number of thiophene rings is 1. The van der Waals surface area contributed by atoms with E-state index in [2.05, 4.69) is 34.7 Å². The summed E-state index contributed by atoms with van der Waals surface area (Å²) < 4.78 is 2.06. The fraction of sp³-hybridized carbons (Fsp3) is 0.333. The number of rotatable bonds is 7. The minimum Gasteiger partial charge on any atom is -0.302 e. The van der Waals surface area contributed by atoms with Crippen LogP contribution in [-0.2, 0) is 0 Å². The molecule has 0 atom stereocenters. The number of carbonyl (C=O) groups is 1. The number of hydrogen-bond acceptors (Lipinski definition) is 5. The van der Waals surface area contributed by atoms with Gasteiger partial charge < -0.3 is 4.90 Å². The van der Waals surface area contributed by atoms with Crippen LogP contribution in [0, 0.1) is 0 Å². The van der Waals surface area contributed by atoms with Crippen molar-refractivity contribution < 1.29 is 4.79 Å². The van der Waals surface area contributed by atoms with Crippen LogP contribution < -0.4 is 4.90 Å². The van der Waals surface area contributed by atoms with Gasteiger partial charge in [0.1, 0.15) is 0 Å². The molecule has 3 rings (SSSR count). The zero-order valence-corrected chi connectivity index (χ0v) is 18.7. The molecule has 0 aliphatic rings. The summed E-state index contributed by atoms with van der Waals surface area (Å²) in [5.41, 5.74) is 0.940. The van der Waals surface area contributed by atoms with Crippen LogP contribution in [0.2, 0.25) is 0 Å². The lowest BCUT2D eigenvalue weighted by Gasteiger charge is -2.24. The van der Waals surface area contributed by atoms with Crippen molar-refractivity contribution in [2.24, 2.45) is 0 Å². The van der Waals surface area contributed by atoms with Crippen LogP contribution in [0.1, 0.15) is 23.5 Å². The summed E-state index contributed by atoms with van der Waals surface area (Å²) in [4.78, 5) is 22.6. The molecule has 0 fully saturated rings. The normalized spacial score (nSPS) is 10.9. The van der Waals surface area contributed by atoms with E-state index in [9.17, 15) is 4.79 Å². The number of likely N-dealkylation sites (N-methyl/N-ethyl adjacent to an activating group) is 1. The number of benzene rings is 1. The molecule has 0 saturated heterocycles. The van der Waals surface area contributed by atoms with Crippen molar-refractivity contribution in [3.63, 3.8) is 0 Å². The summed E-state index contributed by atoms with van der Waals surface area (Å²) >= 11 is 6.48. The highest BCUT2D eigenvalue weighted by molar-refractivity contribution is 9.11. The Labute approximate surface area is 176 Å². The Morgan fingerprint density at radius 3 is 2.42 bits per heavy atom. The molecule has 0 spiro atoms. The Morgan fingerprint density at radius 1 is 1.08 bits per heavy atom. The number of aromatic nitrogens is 1. The van der Waals surface area contributed by atoms with Crippen LogP contribution in [-0.4, -0.2) is 42.0 Å². The molecule has 0 N–H and O–H groups in total. The van der Waals surface area contributed by atoms with Gasteiger partial charge in [-0.05, 0) is 53.3 Å². The van der Waals surface area contributed by atoms with E-state index in [0.29, 0.717) is 6.54 Å². The number of amides is 1. The number of thiazole rings is 1. The molecule has 0 radical (unpaired) electrons. The zero-order chi connectivity index (χ0) is 17.8. The number of anilines is 1. The fourth-order valence-electron chi connectivity index (χ4n) is 2.60. The molecule has 1 amide bonds.